The van der Waals surface area contributed by atoms with Gasteiger partial charge in [-0.2, -0.15) is 0 Å². The van der Waals surface area contributed by atoms with E-state index in [9.17, 15) is 4.79 Å². The van der Waals surface area contributed by atoms with E-state index in [4.69, 9.17) is 10.5 Å². The van der Waals surface area contributed by atoms with Crippen molar-refractivity contribution < 1.29 is 9.53 Å². The lowest BCUT2D eigenvalue weighted by molar-refractivity contribution is -0.121. The van der Waals surface area contributed by atoms with Crippen molar-refractivity contribution in [3.8, 4) is 5.75 Å². The van der Waals surface area contributed by atoms with Crippen molar-refractivity contribution in [3.05, 3.63) is 29.3 Å². The lowest BCUT2D eigenvalue weighted by atomic mass is 10.1. The summed E-state index contributed by atoms with van der Waals surface area (Å²) in [4.78, 5) is 11.0. The molecule has 0 saturated carbocycles. The third-order valence-corrected chi connectivity index (χ3v) is 2.35. The summed E-state index contributed by atoms with van der Waals surface area (Å²) in [6.45, 7) is 2.84. The van der Waals surface area contributed by atoms with Crippen LogP contribution in [0.3, 0.4) is 0 Å². The van der Waals surface area contributed by atoms with Crippen molar-refractivity contribution in [2.24, 2.45) is 5.73 Å². The lowest BCUT2D eigenvalue weighted by Gasteiger charge is -2.10. The average molecular weight is 222 g/mol. The third kappa shape index (κ3) is 3.55. The molecule has 1 amide bonds. The number of nitrogens with two attached hydrogens (primary N) is 1. The van der Waals surface area contributed by atoms with Crippen LogP contribution >= 0.6 is 0 Å². The van der Waals surface area contributed by atoms with Crippen LogP contribution in [0, 0.1) is 6.92 Å². The van der Waals surface area contributed by atoms with Gasteiger partial charge in [0.2, 0.25) is 5.91 Å². The molecule has 0 radical (unpaired) electrons. The number of benzene rings is 1. The Morgan fingerprint density at radius 1 is 1.50 bits per heavy atom. The van der Waals surface area contributed by atoms with Gasteiger partial charge in [0.25, 0.3) is 0 Å². The second-order valence-electron chi connectivity index (χ2n) is 3.58. The Bertz CT molecular complexity index is 364. The first-order chi connectivity index (χ1) is 7.67. The number of aryl methyl sites for hydroxylation is 1. The Balaban J connectivity index is 2.55. The topological polar surface area (TPSA) is 64.3 Å². The molecule has 0 spiro atoms. The fourth-order valence-corrected chi connectivity index (χ4v) is 1.31. The quantitative estimate of drug-likeness (QED) is 0.780. The highest BCUT2D eigenvalue weighted by atomic mass is 16.5. The number of hydrogen-bond donors (Lipinski definition) is 2. The van der Waals surface area contributed by atoms with Gasteiger partial charge >= 0.3 is 0 Å². The van der Waals surface area contributed by atoms with E-state index in [1.807, 2.05) is 25.1 Å². The molecule has 16 heavy (non-hydrogen) atoms. The van der Waals surface area contributed by atoms with Crippen molar-refractivity contribution in [2.45, 2.75) is 19.9 Å². The van der Waals surface area contributed by atoms with Gasteiger partial charge in [-0.25, -0.2) is 0 Å². The molecule has 0 fully saturated rings. The molecule has 0 aliphatic rings. The summed E-state index contributed by atoms with van der Waals surface area (Å²) < 4.78 is 5.54. The van der Waals surface area contributed by atoms with E-state index in [1.54, 1.807) is 7.05 Å². The van der Waals surface area contributed by atoms with Crippen molar-refractivity contribution >= 4 is 5.91 Å². The van der Waals surface area contributed by atoms with Crippen LogP contribution < -0.4 is 15.8 Å². The van der Waals surface area contributed by atoms with Gasteiger partial charge in [-0.1, -0.05) is 12.1 Å². The molecule has 0 aromatic heterocycles. The van der Waals surface area contributed by atoms with E-state index in [0.717, 1.165) is 16.9 Å². The standard InChI is InChI=1S/C12H18N2O2/c1-9-3-4-10(8-13)7-11(9)16-6-5-12(15)14-2/h3-4,7H,5-6,8,13H2,1-2H3,(H,14,15). The van der Waals surface area contributed by atoms with Gasteiger partial charge in [-0.05, 0) is 24.1 Å². The number of rotatable bonds is 5. The normalized spacial score (nSPS) is 9.94. The SMILES string of the molecule is CNC(=O)CCOc1cc(CN)ccc1C. The summed E-state index contributed by atoms with van der Waals surface area (Å²) in [6.07, 6.45) is 0.364. The first-order valence-corrected chi connectivity index (χ1v) is 5.30. The zero-order valence-electron chi connectivity index (χ0n) is 9.75. The monoisotopic (exact) mass is 222 g/mol. The first kappa shape index (κ1) is 12.5. The van der Waals surface area contributed by atoms with Crippen LogP contribution in [-0.4, -0.2) is 19.6 Å². The molecule has 0 aliphatic heterocycles. The minimum Gasteiger partial charge on any atom is -0.493 e. The van der Waals surface area contributed by atoms with Crippen LogP contribution in [0.2, 0.25) is 0 Å². The van der Waals surface area contributed by atoms with E-state index in [1.165, 1.54) is 0 Å². The van der Waals surface area contributed by atoms with Crippen LogP contribution in [-0.2, 0) is 11.3 Å². The smallest absolute Gasteiger partial charge is 0.223 e. The third-order valence-electron chi connectivity index (χ3n) is 2.35. The van der Waals surface area contributed by atoms with Crippen LogP contribution in [0.15, 0.2) is 18.2 Å². The number of ether oxygens (including phenoxy) is 1. The molecule has 0 saturated heterocycles. The predicted molar refractivity (Wildman–Crippen MR) is 63.2 cm³/mol. The van der Waals surface area contributed by atoms with Gasteiger partial charge in [-0.15, -0.1) is 0 Å². The van der Waals surface area contributed by atoms with Crippen molar-refractivity contribution in [1.82, 2.24) is 5.32 Å². The highest BCUT2D eigenvalue weighted by Crippen LogP contribution is 2.19. The maximum atomic E-state index is 11.0. The summed E-state index contributed by atoms with van der Waals surface area (Å²) >= 11 is 0. The minimum atomic E-state index is -0.0207. The Morgan fingerprint density at radius 3 is 2.88 bits per heavy atom. The zero-order chi connectivity index (χ0) is 12.0. The summed E-state index contributed by atoms with van der Waals surface area (Å²) in [5, 5.41) is 2.55. The Labute approximate surface area is 95.8 Å². The van der Waals surface area contributed by atoms with Crippen LogP contribution in [0.5, 0.6) is 5.75 Å². The predicted octanol–water partition coefficient (Wildman–Crippen LogP) is 0.969. The Hall–Kier alpha value is -1.55. The maximum absolute atomic E-state index is 11.0. The van der Waals surface area contributed by atoms with Crippen molar-refractivity contribution in [3.63, 3.8) is 0 Å². The van der Waals surface area contributed by atoms with Crippen LogP contribution in [0.25, 0.3) is 0 Å². The fourth-order valence-electron chi connectivity index (χ4n) is 1.31. The molecule has 1 aromatic rings. The molecule has 1 rings (SSSR count). The van der Waals surface area contributed by atoms with Crippen molar-refractivity contribution in [1.29, 1.82) is 0 Å². The Morgan fingerprint density at radius 2 is 2.25 bits per heavy atom. The number of amides is 1. The molecule has 4 heteroatoms. The highest BCUT2D eigenvalue weighted by Gasteiger charge is 2.03. The average Bonchev–Trinajstić information content (AvgIpc) is 2.31. The molecule has 1 aromatic carbocycles. The van der Waals surface area contributed by atoms with Gasteiger partial charge in [0.15, 0.2) is 0 Å². The van der Waals surface area contributed by atoms with Crippen molar-refractivity contribution in [2.75, 3.05) is 13.7 Å². The zero-order valence-corrected chi connectivity index (χ0v) is 9.75. The molecule has 0 unspecified atom stereocenters. The second kappa shape index (κ2) is 6.12. The van der Waals surface area contributed by atoms with E-state index in [2.05, 4.69) is 5.32 Å². The van der Waals surface area contributed by atoms with Gasteiger partial charge in [0.05, 0.1) is 13.0 Å². The summed E-state index contributed by atoms with van der Waals surface area (Å²) in [7, 11) is 1.61. The molecular weight excluding hydrogens is 204 g/mol. The van der Waals surface area contributed by atoms with Crippen LogP contribution in [0.4, 0.5) is 0 Å². The largest absolute Gasteiger partial charge is 0.493 e. The molecule has 3 N–H and O–H groups in total. The van der Waals surface area contributed by atoms with Gasteiger partial charge < -0.3 is 15.8 Å². The minimum absolute atomic E-state index is 0.0207. The van der Waals surface area contributed by atoms with E-state index in [0.29, 0.717) is 19.6 Å². The molecule has 0 atom stereocenters. The van der Waals surface area contributed by atoms with E-state index < -0.39 is 0 Å². The fraction of sp³-hybridized carbons (Fsp3) is 0.417. The van der Waals surface area contributed by atoms with Crippen LogP contribution in [0.1, 0.15) is 17.5 Å². The first-order valence-electron chi connectivity index (χ1n) is 5.30. The molecule has 88 valence electrons. The highest BCUT2D eigenvalue weighted by molar-refractivity contribution is 5.75. The molecule has 4 nitrogen and oxygen atoms in total. The summed E-state index contributed by atoms with van der Waals surface area (Å²) in [6, 6.07) is 5.86. The maximum Gasteiger partial charge on any atom is 0.223 e. The van der Waals surface area contributed by atoms with E-state index >= 15 is 0 Å². The summed E-state index contributed by atoms with van der Waals surface area (Å²) in [5.41, 5.74) is 7.63. The number of hydrogen-bond acceptors (Lipinski definition) is 3. The van der Waals surface area contributed by atoms with Gasteiger partial charge in [0, 0.05) is 13.6 Å². The number of nitrogens with one attached hydrogen (secondary N) is 1. The summed E-state index contributed by atoms with van der Waals surface area (Å²) in [5.74, 6) is 0.777. The number of carbonyl (C=O) groups is 1. The molecular formula is C12H18N2O2. The molecule has 0 bridgehead atoms. The second-order valence-corrected chi connectivity index (χ2v) is 3.58. The molecule has 0 heterocycles. The number of carbonyl (C=O) groups excluding carboxylic acids is 1. The lowest BCUT2D eigenvalue weighted by Crippen LogP contribution is -2.20. The molecule has 0 aliphatic carbocycles. The van der Waals surface area contributed by atoms with Gasteiger partial charge in [0.1, 0.15) is 5.75 Å². The van der Waals surface area contributed by atoms with E-state index in [-0.39, 0.29) is 5.91 Å². The Kier molecular flexibility index (Phi) is 4.79. The van der Waals surface area contributed by atoms with Gasteiger partial charge in [-0.3, -0.25) is 4.79 Å².